The molecule has 0 aromatic carbocycles. The first-order valence-electron chi connectivity index (χ1n) is 4.13. The Hall–Kier alpha value is -1.61. The van der Waals surface area contributed by atoms with Crippen molar-refractivity contribution in [1.82, 2.24) is 4.98 Å². The van der Waals surface area contributed by atoms with Gasteiger partial charge in [0.05, 0.1) is 18.2 Å². The molecule has 0 atom stereocenters. The van der Waals surface area contributed by atoms with E-state index < -0.39 is 17.9 Å². The van der Waals surface area contributed by atoms with Crippen molar-refractivity contribution in [2.45, 2.75) is 19.4 Å². The molecule has 1 aromatic heterocycles. The van der Waals surface area contributed by atoms with Crippen molar-refractivity contribution in [3.8, 4) is 6.07 Å². The number of hydrogen-bond donors (Lipinski definition) is 1. The van der Waals surface area contributed by atoms with Crippen LogP contribution in [0.25, 0.3) is 0 Å². The Kier molecular flexibility index (Phi) is 3.63. The first kappa shape index (κ1) is 11.5. The third kappa shape index (κ3) is 2.44. The van der Waals surface area contributed by atoms with E-state index in [2.05, 4.69) is 4.98 Å². The highest BCUT2D eigenvalue weighted by molar-refractivity contribution is 5.27. The molecule has 6 heteroatoms. The van der Waals surface area contributed by atoms with Gasteiger partial charge in [0.15, 0.2) is 0 Å². The summed E-state index contributed by atoms with van der Waals surface area (Å²) >= 11 is 0. The fourth-order valence-corrected chi connectivity index (χ4v) is 1.16. The molecule has 1 heterocycles. The zero-order valence-electron chi connectivity index (χ0n) is 7.67. The first-order valence-corrected chi connectivity index (χ1v) is 4.13. The van der Waals surface area contributed by atoms with Gasteiger partial charge >= 0.3 is 0 Å². The van der Waals surface area contributed by atoms with Gasteiger partial charge in [-0.25, -0.2) is 13.2 Å². The fraction of sp³-hybridized carbons (Fsp3) is 0.333. The minimum absolute atomic E-state index is 0.0116. The fourth-order valence-electron chi connectivity index (χ4n) is 1.16. The highest BCUT2D eigenvalue weighted by Gasteiger charge is 2.18. The van der Waals surface area contributed by atoms with Gasteiger partial charge in [0.25, 0.3) is 6.43 Å². The number of hydrogen-bond acceptors (Lipinski definition) is 3. The van der Waals surface area contributed by atoms with E-state index >= 15 is 0 Å². The molecule has 3 nitrogen and oxygen atoms in total. The number of alkyl halides is 2. The number of nitrogens with two attached hydrogens (primary N) is 1. The Bertz CT molecular complexity index is 398. The van der Waals surface area contributed by atoms with Gasteiger partial charge in [-0.2, -0.15) is 5.26 Å². The van der Waals surface area contributed by atoms with Crippen LogP contribution in [0.3, 0.4) is 0 Å². The average Bonchev–Trinajstić information content (AvgIpc) is 2.17. The van der Waals surface area contributed by atoms with Gasteiger partial charge in [-0.3, -0.25) is 4.98 Å². The number of rotatable bonds is 3. The minimum Gasteiger partial charge on any atom is -0.326 e. The van der Waals surface area contributed by atoms with Crippen LogP contribution >= 0.6 is 0 Å². The van der Waals surface area contributed by atoms with Gasteiger partial charge in [0.2, 0.25) is 0 Å². The van der Waals surface area contributed by atoms with Crippen molar-refractivity contribution in [2.24, 2.45) is 5.73 Å². The Morgan fingerprint density at radius 1 is 1.53 bits per heavy atom. The van der Waals surface area contributed by atoms with Crippen LogP contribution in [-0.4, -0.2) is 4.98 Å². The van der Waals surface area contributed by atoms with Crippen LogP contribution in [0.5, 0.6) is 0 Å². The third-order valence-corrected chi connectivity index (χ3v) is 1.83. The third-order valence-electron chi connectivity index (χ3n) is 1.83. The summed E-state index contributed by atoms with van der Waals surface area (Å²) in [5, 5.41) is 8.34. The van der Waals surface area contributed by atoms with Gasteiger partial charge in [-0.15, -0.1) is 0 Å². The average molecular weight is 215 g/mol. The maximum atomic E-state index is 13.2. The Morgan fingerprint density at radius 3 is 2.67 bits per heavy atom. The molecule has 2 N–H and O–H groups in total. The lowest BCUT2D eigenvalue weighted by Gasteiger charge is -2.08. The van der Waals surface area contributed by atoms with Crippen molar-refractivity contribution in [3.05, 3.63) is 28.8 Å². The zero-order chi connectivity index (χ0) is 11.4. The van der Waals surface area contributed by atoms with Crippen LogP contribution in [0.15, 0.2) is 6.07 Å². The summed E-state index contributed by atoms with van der Waals surface area (Å²) in [6.07, 6.45) is -3.10. The summed E-state index contributed by atoms with van der Waals surface area (Å²) in [5.74, 6) is -0.840. The summed E-state index contributed by atoms with van der Waals surface area (Å²) < 4.78 is 38.1. The molecule has 0 saturated heterocycles. The molecule has 1 rings (SSSR count). The van der Waals surface area contributed by atoms with Gasteiger partial charge in [-0.1, -0.05) is 0 Å². The second kappa shape index (κ2) is 4.75. The van der Waals surface area contributed by atoms with Crippen LogP contribution in [-0.2, 0) is 13.0 Å². The second-order valence-corrected chi connectivity index (χ2v) is 2.80. The number of pyridine rings is 1. The molecule has 0 fully saturated rings. The molecule has 0 aliphatic rings. The summed E-state index contributed by atoms with van der Waals surface area (Å²) in [6, 6.07) is 2.67. The first-order chi connectivity index (χ1) is 7.10. The van der Waals surface area contributed by atoms with Crippen molar-refractivity contribution in [1.29, 1.82) is 5.26 Å². The molecule has 0 aliphatic carbocycles. The molecule has 15 heavy (non-hydrogen) atoms. The van der Waals surface area contributed by atoms with Crippen LogP contribution in [0, 0.1) is 17.1 Å². The summed E-state index contributed by atoms with van der Waals surface area (Å²) in [5.41, 5.74) is 4.15. The highest BCUT2D eigenvalue weighted by Crippen LogP contribution is 2.23. The second-order valence-electron chi connectivity index (χ2n) is 2.80. The van der Waals surface area contributed by atoms with E-state index in [4.69, 9.17) is 11.0 Å². The highest BCUT2D eigenvalue weighted by atomic mass is 19.3. The van der Waals surface area contributed by atoms with Crippen molar-refractivity contribution in [3.63, 3.8) is 0 Å². The zero-order valence-corrected chi connectivity index (χ0v) is 7.67. The molecule has 1 aromatic rings. The van der Waals surface area contributed by atoms with Crippen LogP contribution in [0.1, 0.15) is 23.4 Å². The topological polar surface area (TPSA) is 62.7 Å². The predicted molar refractivity (Wildman–Crippen MR) is 46.4 cm³/mol. The quantitative estimate of drug-likeness (QED) is 0.834. The van der Waals surface area contributed by atoms with E-state index in [0.717, 1.165) is 6.07 Å². The van der Waals surface area contributed by atoms with Gasteiger partial charge in [0.1, 0.15) is 11.5 Å². The van der Waals surface area contributed by atoms with Crippen molar-refractivity contribution in [2.75, 3.05) is 0 Å². The van der Waals surface area contributed by atoms with Crippen LogP contribution in [0.4, 0.5) is 13.2 Å². The molecule has 80 valence electrons. The molecular formula is C9H8F3N3. The molecule has 0 amide bonds. The van der Waals surface area contributed by atoms with Crippen LogP contribution < -0.4 is 5.73 Å². The lowest BCUT2D eigenvalue weighted by molar-refractivity contribution is 0.144. The number of aromatic nitrogens is 1. The normalized spacial score (nSPS) is 10.4. The SMILES string of the molecule is N#CCc1cc(F)c(CN)c(C(F)F)n1. The Balaban J connectivity index is 3.27. The van der Waals surface area contributed by atoms with E-state index in [0.29, 0.717) is 0 Å². The lowest BCUT2D eigenvalue weighted by atomic mass is 10.1. The van der Waals surface area contributed by atoms with Crippen LogP contribution in [0.2, 0.25) is 0 Å². The van der Waals surface area contributed by atoms with Crippen molar-refractivity contribution < 1.29 is 13.2 Å². The summed E-state index contributed by atoms with van der Waals surface area (Å²) in [4.78, 5) is 3.50. The van der Waals surface area contributed by atoms with Crippen molar-refractivity contribution >= 4 is 0 Å². The van der Waals surface area contributed by atoms with Gasteiger partial charge < -0.3 is 5.73 Å². The van der Waals surface area contributed by atoms with E-state index in [-0.39, 0.29) is 24.2 Å². The van der Waals surface area contributed by atoms with E-state index in [1.807, 2.05) is 0 Å². The summed E-state index contributed by atoms with van der Waals surface area (Å²) in [6.45, 7) is -0.342. The Labute approximate surface area is 84.3 Å². The largest absolute Gasteiger partial charge is 0.326 e. The minimum atomic E-state index is -2.89. The maximum Gasteiger partial charge on any atom is 0.280 e. The number of nitrogens with zero attached hydrogens (tertiary/aromatic N) is 2. The predicted octanol–water partition coefficient (Wildman–Crippen LogP) is 1.68. The molecule has 0 unspecified atom stereocenters. The molecule has 0 spiro atoms. The number of halogens is 3. The van der Waals surface area contributed by atoms with Gasteiger partial charge in [0, 0.05) is 12.1 Å². The smallest absolute Gasteiger partial charge is 0.280 e. The molecule has 0 aliphatic heterocycles. The monoisotopic (exact) mass is 215 g/mol. The standard InChI is InChI=1S/C9H8F3N3/c10-7-3-5(1-2-13)15-8(9(11)12)6(7)4-14/h3,9H,1,4,14H2. The lowest BCUT2D eigenvalue weighted by Crippen LogP contribution is -2.09. The summed E-state index contributed by atoms with van der Waals surface area (Å²) in [7, 11) is 0. The molecule has 0 saturated carbocycles. The molecule has 0 bridgehead atoms. The number of nitriles is 1. The van der Waals surface area contributed by atoms with E-state index in [1.54, 1.807) is 6.07 Å². The van der Waals surface area contributed by atoms with E-state index in [1.165, 1.54) is 0 Å². The maximum absolute atomic E-state index is 13.2. The van der Waals surface area contributed by atoms with E-state index in [9.17, 15) is 13.2 Å². The molecular weight excluding hydrogens is 207 g/mol. The van der Waals surface area contributed by atoms with Gasteiger partial charge in [-0.05, 0) is 6.07 Å². The molecule has 0 radical (unpaired) electrons. The Morgan fingerprint density at radius 2 is 2.20 bits per heavy atom.